The summed E-state index contributed by atoms with van der Waals surface area (Å²) < 4.78 is 19.1. The van der Waals surface area contributed by atoms with Crippen molar-refractivity contribution in [3.8, 4) is 0 Å². The molecule has 7 nitrogen and oxygen atoms in total. The molecule has 3 saturated carbocycles. The van der Waals surface area contributed by atoms with Crippen LogP contribution in [0.15, 0.2) is 11.6 Å². The number of nitrogens with two attached hydrogens (primary N) is 1. The molecule has 5 aliphatic rings. The number of carbonyl (C=O) groups is 2. The molecule has 1 saturated heterocycles. The highest BCUT2D eigenvalue weighted by molar-refractivity contribution is 5.73. The molecule has 0 radical (unpaired) electrons. The molecular formula is C35H57NO6. The van der Waals surface area contributed by atoms with Gasteiger partial charge in [0.15, 0.2) is 0 Å². The third kappa shape index (κ3) is 4.37. The van der Waals surface area contributed by atoms with Gasteiger partial charge in [0.2, 0.25) is 0 Å². The van der Waals surface area contributed by atoms with Gasteiger partial charge in [-0.05, 0) is 85.4 Å². The fourth-order valence-electron chi connectivity index (χ4n) is 11.4. The highest BCUT2D eigenvalue weighted by Gasteiger charge is 2.72. The van der Waals surface area contributed by atoms with E-state index >= 15 is 0 Å². The smallest absolute Gasteiger partial charge is 0.307 e. The van der Waals surface area contributed by atoms with E-state index in [1.807, 2.05) is 6.92 Å². The van der Waals surface area contributed by atoms with Crippen molar-refractivity contribution in [2.24, 2.45) is 62.4 Å². The fraction of sp³-hybridized carbons (Fsp3) is 0.886. The van der Waals surface area contributed by atoms with Crippen molar-refractivity contribution in [2.45, 2.75) is 119 Å². The molecular weight excluding hydrogens is 530 g/mol. The van der Waals surface area contributed by atoms with Crippen LogP contribution in [-0.2, 0) is 23.8 Å². The van der Waals surface area contributed by atoms with E-state index < -0.39 is 11.9 Å². The van der Waals surface area contributed by atoms with Crippen molar-refractivity contribution in [3.05, 3.63) is 11.6 Å². The van der Waals surface area contributed by atoms with Crippen molar-refractivity contribution in [2.75, 3.05) is 19.8 Å². The van der Waals surface area contributed by atoms with Crippen molar-refractivity contribution in [1.29, 1.82) is 0 Å². The van der Waals surface area contributed by atoms with Crippen molar-refractivity contribution < 1.29 is 28.9 Å². The molecule has 0 aromatic heterocycles. The van der Waals surface area contributed by atoms with Gasteiger partial charge in [0.25, 0.3) is 0 Å². The summed E-state index contributed by atoms with van der Waals surface area (Å²) in [4.78, 5) is 25.7. The Morgan fingerprint density at radius 1 is 1.07 bits per heavy atom. The van der Waals surface area contributed by atoms with Crippen LogP contribution in [0.2, 0.25) is 0 Å². The van der Waals surface area contributed by atoms with E-state index in [0.717, 1.165) is 32.1 Å². The van der Waals surface area contributed by atoms with E-state index in [0.29, 0.717) is 44.0 Å². The largest absolute Gasteiger partial charge is 0.481 e. The van der Waals surface area contributed by atoms with Gasteiger partial charge in [0, 0.05) is 23.8 Å². The molecule has 4 fully saturated rings. The van der Waals surface area contributed by atoms with Crippen molar-refractivity contribution in [1.82, 2.24) is 0 Å². The Morgan fingerprint density at radius 3 is 2.36 bits per heavy atom. The minimum atomic E-state index is -0.641. The molecule has 42 heavy (non-hydrogen) atoms. The molecule has 0 aromatic rings. The Kier molecular flexibility index (Phi) is 8.05. The topological polar surface area (TPSA) is 108 Å². The number of carbonyl (C=O) groups excluding carboxylic acids is 1. The predicted molar refractivity (Wildman–Crippen MR) is 163 cm³/mol. The summed E-state index contributed by atoms with van der Waals surface area (Å²) in [5, 5.41) is 10.9. The summed E-state index contributed by atoms with van der Waals surface area (Å²) in [6, 6.07) is -0.116. The predicted octanol–water partition coefficient (Wildman–Crippen LogP) is 6.24. The summed E-state index contributed by atoms with van der Waals surface area (Å²) in [5.41, 5.74) is 6.20. The zero-order chi connectivity index (χ0) is 31.0. The lowest BCUT2D eigenvalue weighted by molar-refractivity contribution is -0.267. The van der Waals surface area contributed by atoms with Gasteiger partial charge in [-0.15, -0.1) is 0 Å². The van der Waals surface area contributed by atoms with E-state index in [1.165, 1.54) is 12.5 Å². The molecule has 0 aromatic carbocycles. The Balaban J connectivity index is 1.60. The lowest BCUT2D eigenvalue weighted by Gasteiger charge is -2.71. The maximum atomic E-state index is 13.3. The second kappa shape index (κ2) is 10.6. The third-order valence-electron chi connectivity index (χ3n) is 13.9. The molecule has 1 heterocycles. The number of fused-ring (bicyclic) bond motifs is 3. The number of ether oxygens (including phenoxy) is 3. The average molecular weight is 588 g/mol. The molecule has 3 N–H and O–H groups in total. The van der Waals surface area contributed by atoms with Crippen LogP contribution in [-0.4, -0.2) is 55.1 Å². The van der Waals surface area contributed by atoms with E-state index in [1.54, 1.807) is 0 Å². The third-order valence-corrected chi connectivity index (χ3v) is 13.9. The van der Waals surface area contributed by atoms with Gasteiger partial charge in [0.05, 0.1) is 25.7 Å². The molecule has 0 spiro atoms. The Bertz CT molecular complexity index is 1120. The Morgan fingerprint density at radius 2 is 1.76 bits per heavy atom. The van der Waals surface area contributed by atoms with E-state index in [-0.39, 0.29) is 57.2 Å². The zero-order valence-electron chi connectivity index (χ0n) is 27.6. The van der Waals surface area contributed by atoms with E-state index in [9.17, 15) is 14.7 Å². The highest BCUT2D eigenvalue weighted by atomic mass is 16.6. The van der Waals surface area contributed by atoms with Gasteiger partial charge < -0.3 is 25.1 Å². The number of esters is 1. The van der Waals surface area contributed by atoms with Gasteiger partial charge in [0.1, 0.15) is 12.2 Å². The van der Waals surface area contributed by atoms with Gasteiger partial charge in [-0.1, -0.05) is 60.1 Å². The van der Waals surface area contributed by atoms with Crippen LogP contribution in [0.5, 0.6) is 0 Å². The molecule has 1 aliphatic heterocycles. The summed E-state index contributed by atoms with van der Waals surface area (Å²) in [6.07, 6.45) is 7.23. The lowest BCUT2D eigenvalue weighted by atomic mass is 9.34. The summed E-state index contributed by atoms with van der Waals surface area (Å²) in [5.74, 6) is -0.00283. The number of carboxylic acid groups (broad SMARTS) is 1. The number of carboxylic acids is 1. The summed E-state index contributed by atoms with van der Waals surface area (Å²) in [6.45, 7) is 21.0. The summed E-state index contributed by atoms with van der Waals surface area (Å²) >= 11 is 0. The Labute approximate surface area is 253 Å². The van der Waals surface area contributed by atoms with Crippen LogP contribution in [0.25, 0.3) is 0 Å². The maximum absolute atomic E-state index is 13.3. The van der Waals surface area contributed by atoms with Crippen LogP contribution in [0.4, 0.5) is 0 Å². The number of rotatable bonds is 7. The average Bonchev–Trinajstić information content (AvgIpc) is 2.87. The first-order chi connectivity index (χ1) is 19.5. The molecule has 4 aliphatic carbocycles. The van der Waals surface area contributed by atoms with Crippen molar-refractivity contribution in [3.63, 3.8) is 0 Å². The van der Waals surface area contributed by atoms with Crippen LogP contribution < -0.4 is 5.73 Å². The standard InChI is InChI=1S/C35H57NO6/c1-20(2)22(4)31(6)14-15-33(8)24-10-11-27-32(7)18-40-19-35(27,25(24)12-13-34(33,9)28(31)30(38)39)16-26(42-23(5)37)29(32)41-17-21(3)36/h12,20-22,24,26-29H,10-11,13-19,36H2,1-9H3,(H,38,39)/t21?,22-,24+,26-,27?,28-,29+,31-,32+,33-,34+,35+/m1/s1. The molecule has 0 amide bonds. The van der Waals surface area contributed by atoms with Gasteiger partial charge >= 0.3 is 11.9 Å². The first kappa shape index (κ1) is 32.0. The molecule has 12 atom stereocenters. The van der Waals surface area contributed by atoms with E-state index in [2.05, 4.69) is 54.5 Å². The minimum Gasteiger partial charge on any atom is -0.481 e. The van der Waals surface area contributed by atoms with Crippen LogP contribution >= 0.6 is 0 Å². The van der Waals surface area contributed by atoms with Crippen LogP contribution in [0, 0.1) is 56.7 Å². The molecule has 5 rings (SSSR count). The molecule has 238 valence electrons. The zero-order valence-corrected chi connectivity index (χ0v) is 27.6. The maximum Gasteiger partial charge on any atom is 0.307 e. The first-order valence-corrected chi connectivity index (χ1v) is 16.5. The first-order valence-electron chi connectivity index (χ1n) is 16.5. The second-order valence-electron chi connectivity index (χ2n) is 16.4. The van der Waals surface area contributed by atoms with Gasteiger partial charge in [-0.2, -0.15) is 0 Å². The van der Waals surface area contributed by atoms with Crippen molar-refractivity contribution >= 4 is 11.9 Å². The van der Waals surface area contributed by atoms with Gasteiger partial charge in [-0.3, -0.25) is 9.59 Å². The molecule has 2 bridgehead atoms. The quantitative estimate of drug-likeness (QED) is 0.268. The van der Waals surface area contributed by atoms with E-state index in [4.69, 9.17) is 19.9 Å². The summed E-state index contributed by atoms with van der Waals surface area (Å²) in [7, 11) is 0. The Hall–Kier alpha value is -1.44. The van der Waals surface area contributed by atoms with Gasteiger partial charge in [-0.25, -0.2) is 0 Å². The number of hydrogen-bond acceptors (Lipinski definition) is 6. The number of aliphatic carboxylic acids is 1. The number of allylic oxidation sites excluding steroid dienone is 1. The highest BCUT2D eigenvalue weighted by Crippen LogP contribution is 2.75. The molecule has 7 heteroatoms. The van der Waals surface area contributed by atoms with Crippen LogP contribution in [0.3, 0.4) is 0 Å². The normalized spacial score (nSPS) is 47.8. The molecule has 2 unspecified atom stereocenters. The fourth-order valence-corrected chi connectivity index (χ4v) is 11.4. The second-order valence-corrected chi connectivity index (χ2v) is 16.4. The SMILES string of the molecule is CC(=O)O[C@@H]1C[C@@]23COC[C@@](C)(C2CC[C@H]2C3=CC[C@@]3(C)[C@H](C(=O)O)[C@@](C)([C@H](C)C(C)C)CC[C@]23C)[C@H]1OCC(C)N. The monoisotopic (exact) mass is 587 g/mol. The minimum absolute atomic E-state index is 0.116. The number of hydrogen-bond donors (Lipinski definition) is 2. The van der Waals surface area contributed by atoms with Crippen LogP contribution in [0.1, 0.15) is 101 Å². The lowest BCUT2D eigenvalue weighted by Crippen LogP contribution is -2.70.